The highest BCUT2D eigenvalue weighted by Crippen LogP contribution is 2.27. The fraction of sp³-hybridized carbons (Fsp3) is 0.882. The van der Waals surface area contributed by atoms with Crippen molar-refractivity contribution in [1.82, 2.24) is 4.90 Å². The van der Waals surface area contributed by atoms with Crippen LogP contribution < -0.4 is 0 Å². The lowest BCUT2D eigenvalue weighted by molar-refractivity contribution is -0.290. The van der Waals surface area contributed by atoms with Gasteiger partial charge in [0.05, 0.1) is 52.7 Å². The van der Waals surface area contributed by atoms with E-state index >= 15 is 0 Å². The van der Waals surface area contributed by atoms with Crippen molar-refractivity contribution >= 4 is 11.9 Å². The average Bonchev–Trinajstić information content (AvgIpc) is 2.59. The van der Waals surface area contributed by atoms with Gasteiger partial charge in [0.25, 0.3) is 0 Å². The van der Waals surface area contributed by atoms with Crippen molar-refractivity contribution in [2.45, 2.75) is 57.4 Å². The van der Waals surface area contributed by atoms with Crippen molar-refractivity contribution in [1.29, 1.82) is 0 Å². The highest BCUT2D eigenvalue weighted by Gasteiger charge is 2.47. The fourth-order valence-electron chi connectivity index (χ4n) is 2.99. The maximum Gasteiger partial charge on any atom is 0.334 e. The van der Waals surface area contributed by atoms with Gasteiger partial charge in [-0.1, -0.05) is 0 Å². The quantitative estimate of drug-likeness (QED) is 0.497. The molecule has 26 heavy (non-hydrogen) atoms. The van der Waals surface area contributed by atoms with Crippen LogP contribution in [0.2, 0.25) is 0 Å². The Morgan fingerprint density at radius 3 is 1.38 bits per heavy atom. The molecular weight excluding hydrogens is 346 g/mol. The first-order valence-electron chi connectivity index (χ1n) is 8.59. The number of carbonyl (C=O) groups excluding carboxylic acids is 2. The van der Waals surface area contributed by atoms with Gasteiger partial charge in [0.15, 0.2) is 11.6 Å². The molecule has 0 aromatic carbocycles. The van der Waals surface area contributed by atoms with E-state index in [9.17, 15) is 9.59 Å². The normalized spacial score (nSPS) is 23.8. The molecule has 2 saturated heterocycles. The van der Waals surface area contributed by atoms with Crippen LogP contribution in [0, 0.1) is 0 Å². The molecule has 0 amide bonds. The standard InChI is InChI=1S/C17H29NO8/c1-16(2)23-7-11(8-24-16)18(12-9-25-17(3,4)26-10-12)13(14(19)21-5)15(20)22-6/h11-13H,7-10H2,1-6H3. The number of ether oxygens (including phenoxy) is 6. The molecule has 0 N–H and O–H groups in total. The van der Waals surface area contributed by atoms with Gasteiger partial charge in [-0.05, 0) is 27.7 Å². The second kappa shape index (κ2) is 8.18. The maximum absolute atomic E-state index is 12.4. The van der Waals surface area contributed by atoms with Crippen LogP contribution >= 0.6 is 0 Å². The molecule has 2 rings (SSSR count). The molecule has 9 heteroatoms. The van der Waals surface area contributed by atoms with Gasteiger partial charge in [-0.2, -0.15) is 0 Å². The zero-order valence-electron chi connectivity index (χ0n) is 16.3. The molecule has 0 spiro atoms. The van der Waals surface area contributed by atoms with E-state index in [-0.39, 0.29) is 38.5 Å². The third-order valence-corrected chi connectivity index (χ3v) is 4.48. The van der Waals surface area contributed by atoms with Gasteiger partial charge in [0.2, 0.25) is 6.04 Å². The average molecular weight is 375 g/mol. The Balaban J connectivity index is 2.28. The molecule has 2 heterocycles. The largest absolute Gasteiger partial charge is 0.467 e. The third kappa shape index (κ3) is 4.92. The van der Waals surface area contributed by atoms with E-state index in [1.54, 1.807) is 32.6 Å². The van der Waals surface area contributed by atoms with Crippen molar-refractivity contribution in [2.75, 3.05) is 40.6 Å². The van der Waals surface area contributed by atoms with Gasteiger partial charge in [-0.15, -0.1) is 0 Å². The van der Waals surface area contributed by atoms with E-state index in [1.807, 2.05) is 0 Å². The van der Waals surface area contributed by atoms with Crippen LogP contribution in [-0.4, -0.2) is 87.2 Å². The SMILES string of the molecule is COC(=O)C(C(=O)OC)N(C1COC(C)(C)OC1)C1COC(C)(C)OC1. The molecule has 0 aliphatic carbocycles. The van der Waals surface area contributed by atoms with E-state index in [1.165, 1.54) is 14.2 Å². The maximum atomic E-state index is 12.4. The molecule has 2 fully saturated rings. The van der Waals surface area contributed by atoms with Crippen LogP contribution in [0.1, 0.15) is 27.7 Å². The molecule has 0 unspecified atom stereocenters. The van der Waals surface area contributed by atoms with Crippen LogP contribution in [0.5, 0.6) is 0 Å². The topological polar surface area (TPSA) is 92.8 Å². The predicted octanol–water partition coefficient (Wildman–Crippen LogP) is 0.306. The summed E-state index contributed by atoms with van der Waals surface area (Å²) in [6.07, 6.45) is 0. The van der Waals surface area contributed by atoms with Gasteiger partial charge >= 0.3 is 11.9 Å². The molecule has 2 aliphatic heterocycles. The van der Waals surface area contributed by atoms with E-state index in [0.717, 1.165) is 0 Å². The Labute approximate surface area is 153 Å². The van der Waals surface area contributed by atoms with Crippen LogP contribution in [0.3, 0.4) is 0 Å². The Kier molecular flexibility index (Phi) is 6.62. The number of nitrogens with zero attached hydrogens (tertiary/aromatic N) is 1. The van der Waals surface area contributed by atoms with Crippen molar-refractivity contribution in [2.24, 2.45) is 0 Å². The van der Waals surface area contributed by atoms with Crippen molar-refractivity contribution in [3.63, 3.8) is 0 Å². The fourth-order valence-corrected chi connectivity index (χ4v) is 2.99. The summed E-state index contributed by atoms with van der Waals surface area (Å²) in [5.41, 5.74) is 0. The van der Waals surface area contributed by atoms with Crippen LogP contribution in [-0.2, 0) is 38.0 Å². The van der Waals surface area contributed by atoms with Gasteiger partial charge in [-0.3, -0.25) is 4.90 Å². The number of rotatable bonds is 5. The monoisotopic (exact) mass is 375 g/mol. The molecule has 0 radical (unpaired) electrons. The molecule has 0 atom stereocenters. The predicted molar refractivity (Wildman–Crippen MR) is 89.2 cm³/mol. The van der Waals surface area contributed by atoms with Crippen LogP contribution in [0.25, 0.3) is 0 Å². The van der Waals surface area contributed by atoms with Gasteiger partial charge in [-0.25, -0.2) is 9.59 Å². The van der Waals surface area contributed by atoms with Crippen LogP contribution in [0.4, 0.5) is 0 Å². The number of hydrogen-bond acceptors (Lipinski definition) is 9. The second-order valence-corrected chi connectivity index (χ2v) is 7.25. The highest BCUT2D eigenvalue weighted by molar-refractivity contribution is 5.99. The lowest BCUT2D eigenvalue weighted by Gasteiger charge is -2.47. The summed E-state index contributed by atoms with van der Waals surface area (Å²) in [7, 11) is 2.45. The van der Waals surface area contributed by atoms with E-state index in [2.05, 4.69) is 0 Å². The Hall–Kier alpha value is -1.26. The minimum absolute atomic E-state index is 0.275. The Bertz CT molecular complexity index is 457. The van der Waals surface area contributed by atoms with Crippen molar-refractivity contribution < 1.29 is 38.0 Å². The third-order valence-electron chi connectivity index (χ3n) is 4.48. The van der Waals surface area contributed by atoms with Gasteiger partial charge < -0.3 is 28.4 Å². The first-order valence-corrected chi connectivity index (χ1v) is 8.59. The molecule has 150 valence electrons. The number of hydrogen-bond donors (Lipinski definition) is 0. The second-order valence-electron chi connectivity index (χ2n) is 7.25. The molecule has 2 aliphatic rings. The minimum atomic E-state index is -1.26. The molecular formula is C17H29NO8. The van der Waals surface area contributed by atoms with E-state index in [4.69, 9.17) is 28.4 Å². The summed E-state index contributed by atoms with van der Waals surface area (Å²) in [6.45, 7) is 8.33. The van der Waals surface area contributed by atoms with Crippen LogP contribution in [0.15, 0.2) is 0 Å². The highest BCUT2D eigenvalue weighted by atomic mass is 16.7. The summed E-state index contributed by atoms with van der Waals surface area (Å²) in [5, 5.41) is 0. The molecule has 0 bridgehead atoms. The zero-order valence-corrected chi connectivity index (χ0v) is 16.3. The van der Waals surface area contributed by atoms with Gasteiger partial charge in [0.1, 0.15) is 0 Å². The summed E-state index contributed by atoms with van der Waals surface area (Å²) in [6, 6.07) is -2.00. The molecule has 0 aromatic heterocycles. The lowest BCUT2D eigenvalue weighted by Crippen LogP contribution is -2.65. The number of esters is 2. The van der Waals surface area contributed by atoms with Crippen molar-refractivity contribution in [3.8, 4) is 0 Å². The van der Waals surface area contributed by atoms with Crippen molar-refractivity contribution in [3.05, 3.63) is 0 Å². The lowest BCUT2D eigenvalue weighted by atomic mass is 10.1. The van der Waals surface area contributed by atoms with Gasteiger partial charge in [0, 0.05) is 0 Å². The molecule has 0 aromatic rings. The minimum Gasteiger partial charge on any atom is -0.467 e. The Morgan fingerprint density at radius 1 is 0.808 bits per heavy atom. The first-order chi connectivity index (χ1) is 12.1. The number of methoxy groups -OCH3 is 2. The molecule has 9 nitrogen and oxygen atoms in total. The smallest absolute Gasteiger partial charge is 0.334 e. The summed E-state index contributed by atoms with van der Waals surface area (Å²) >= 11 is 0. The number of carbonyl (C=O) groups is 2. The summed E-state index contributed by atoms with van der Waals surface area (Å²) in [5.74, 6) is -2.89. The molecule has 0 saturated carbocycles. The first kappa shape index (κ1) is 21.0. The summed E-state index contributed by atoms with van der Waals surface area (Å²) < 4.78 is 32.5. The van der Waals surface area contributed by atoms with E-state index in [0.29, 0.717) is 0 Å². The Morgan fingerprint density at radius 2 is 1.12 bits per heavy atom. The zero-order chi connectivity index (χ0) is 19.5. The van der Waals surface area contributed by atoms with E-state index < -0.39 is 29.6 Å². The summed E-state index contributed by atoms with van der Waals surface area (Å²) in [4.78, 5) is 26.4.